The summed E-state index contributed by atoms with van der Waals surface area (Å²) >= 11 is 0. The molecule has 1 aliphatic carbocycles. The van der Waals surface area contributed by atoms with E-state index in [4.69, 9.17) is 9.47 Å². The van der Waals surface area contributed by atoms with Crippen LogP contribution in [0.25, 0.3) is 0 Å². The molecule has 166 valence electrons. The number of rotatable bonds is 7. The van der Waals surface area contributed by atoms with Gasteiger partial charge in [-0.2, -0.15) is 0 Å². The molecule has 6 nitrogen and oxygen atoms in total. The van der Waals surface area contributed by atoms with Gasteiger partial charge in [0.05, 0.1) is 0 Å². The third kappa shape index (κ3) is 5.27. The van der Waals surface area contributed by atoms with E-state index in [0.717, 1.165) is 63.9 Å². The summed E-state index contributed by atoms with van der Waals surface area (Å²) in [6.45, 7) is 6.48. The molecule has 1 saturated carbocycles. The molecule has 2 saturated heterocycles. The van der Waals surface area contributed by atoms with Crippen LogP contribution in [0.5, 0.6) is 5.75 Å². The average molecular weight is 415 g/mol. The van der Waals surface area contributed by atoms with Gasteiger partial charge < -0.3 is 19.7 Å². The van der Waals surface area contributed by atoms with Gasteiger partial charge in [0.1, 0.15) is 12.4 Å². The predicted octanol–water partition coefficient (Wildman–Crippen LogP) is 3.13. The minimum absolute atomic E-state index is 0.586. The second kappa shape index (κ2) is 10.0. The highest BCUT2D eigenvalue weighted by atomic mass is 16.5. The van der Waals surface area contributed by atoms with Gasteiger partial charge in [-0.3, -0.25) is 9.89 Å². The summed E-state index contributed by atoms with van der Waals surface area (Å²) < 4.78 is 11.5. The lowest BCUT2D eigenvalue weighted by Crippen LogP contribution is -2.42. The van der Waals surface area contributed by atoms with Gasteiger partial charge in [0.25, 0.3) is 0 Å². The summed E-state index contributed by atoms with van der Waals surface area (Å²) in [6.07, 6.45) is 7.75. The van der Waals surface area contributed by atoms with Crippen molar-refractivity contribution in [2.24, 2.45) is 10.4 Å². The largest absolute Gasteiger partial charge is 0.492 e. The summed E-state index contributed by atoms with van der Waals surface area (Å²) in [7, 11) is 4.08. The molecule has 0 aromatic heterocycles. The molecule has 3 aliphatic rings. The van der Waals surface area contributed by atoms with Crippen molar-refractivity contribution in [3.63, 3.8) is 0 Å². The zero-order valence-electron chi connectivity index (χ0n) is 18.7. The van der Waals surface area contributed by atoms with Gasteiger partial charge in [0, 0.05) is 52.5 Å². The molecule has 4 rings (SSSR count). The lowest BCUT2D eigenvalue weighted by Gasteiger charge is -2.38. The number of nitrogens with one attached hydrogen (secondary N) is 1. The van der Waals surface area contributed by atoms with Crippen LogP contribution in [-0.4, -0.2) is 75.4 Å². The second-order valence-corrected chi connectivity index (χ2v) is 9.25. The Kier molecular flexibility index (Phi) is 7.16. The minimum Gasteiger partial charge on any atom is -0.492 e. The highest BCUT2D eigenvalue weighted by molar-refractivity contribution is 5.80. The zero-order valence-corrected chi connectivity index (χ0v) is 18.7. The average Bonchev–Trinajstić information content (AvgIpc) is 3.21. The molecule has 1 aromatic carbocycles. The Morgan fingerprint density at radius 2 is 2.13 bits per heavy atom. The number of hydrogen-bond donors (Lipinski definition) is 1. The number of likely N-dealkylation sites (tertiary alicyclic amines) is 1. The number of ether oxygens (including phenoxy) is 2. The Bertz CT molecular complexity index is 713. The molecule has 1 aromatic rings. The van der Waals surface area contributed by atoms with Crippen LogP contribution in [0, 0.1) is 5.41 Å². The highest BCUT2D eigenvalue weighted by Gasteiger charge is 2.43. The number of aliphatic imine (C=N–C) groups is 1. The summed E-state index contributed by atoms with van der Waals surface area (Å²) in [4.78, 5) is 9.37. The molecular weight excluding hydrogens is 376 g/mol. The van der Waals surface area contributed by atoms with Crippen molar-refractivity contribution in [1.29, 1.82) is 0 Å². The van der Waals surface area contributed by atoms with E-state index in [1.54, 1.807) is 0 Å². The van der Waals surface area contributed by atoms with Crippen LogP contribution in [-0.2, 0) is 11.3 Å². The quantitative estimate of drug-likeness (QED) is 0.549. The highest BCUT2D eigenvalue weighted by Crippen LogP contribution is 2.47. The Labute approximate surface area is 181 Å². The van der Waals surface area contributed by atoms with Crippen molar-refractivity contribution in [3.8, 4) is 5.75 Å². The summed E-state index contributed by atoms with van der Waals surface area (Å²) in [6, 6.07) is 9.05. The van der Waals surface area contributed by atoms with Crippen molar-refractivity contribution in [1.82, 2.24) is 15.1 Å². The molecule has 0 atom stereocenters. The topological polar surface area (TPSA) is 49.3 Å². The fraction of sp³-hybridized carbons (Fsp3) is 0.708. The van der Waals surface area contributed by atoms with Crippen molar-refractivity contribution in [3.05, 3.63) is 29.8 Å². The zero-order chi connectivity index (χ0) is 20.8. The molecule has 2 heterocycles. The second-order valence-electron chi connectivity index (χ2n) is 9.25. The van der Waals surface area contributed by atoms with E-state index in [1.807, 2.05) is 13.1 Å². The van der Waals surface area contributed by atoms with Crippen LogP contribution >= 0.6 is 0 Å². The van der Waals surface area contributed by atoms with E-state index in [-0.39, 0.29) is 0 Å². The third-order valence-corrected chi connectivity index (χ3v) is 7.24. The molecule has 6 heteroatoms. The standard InChI is InChI=1S/C24H38N4O2/c1-25-23(28-12-11-24(19-28)9-4-10-24)26-18-20-5-3-6-22(17-20)30-16-13-27(2)21-7-14-29-15-8-21/h3,5-6,17,21H,4,7-16,18-19H2,1-2H3,(H,25,26). The Morgan fingerprint density at radius 3 is 2.83 bits per heavy atom. The molecule has 30 heavy (non-hydrogen) atoms. The number of hydrogen-bond acceptors (Lipinski definition) is 4. The first kappa shape index (κ1) is 21.4. The maximum Gasteiger partial charge on any atom is 0.193 e. The van der Waals surface area contributed by atoms with E-state index in [9.17, 15) is 0 Å². The van der Waals surface area contributed by atoms with E-state index in [0.29, 0.717) is 18.1 Å². The monoisotopic (exact) mass is 414 g/mol. The van der Waals surface area contributed by atoms with Gasteiger partial charge in [-0.15, -0.1) is 0 Å². The number of guanidine groups is 1. The fourth-order valence-electron chi connectivity index (χ4n) is 5.08. The Balaban J connectivity index is 1.22. The van der Waals surface area contributed by atoms with Crippen molar-refractivity contribution in [2.75, 3.05) is 53.6 Å². The molecule has 2 aliphatic heterocycles. The fourth-order valence-corrected chi connectivity index (χ4v) is 5.08. The maximum absolute atomic E-state index is 6.05. The van der Waals surface area contributed by atoms with Crippen LogP contribution in [0.15, 0.2) is 29.3 Å². The van der Waals surface area contributed by atoms with Crippen LogP contribution < -0.4 is 10.1 Å². The Morgan fingerprint density at radius 1 is 1.30 bits per heavy atom. The van der Waals surface area contributed by atoms with Crippen molar-refractivity contribution in [2.45, 2.75) is 51.1 Å². The number of likely N-dealkylation sites (N-methyl/N-ethyl adjacent to an activating group) is 1. The van der Waals surface area contributed by atoms with Gasteiger partial charge >= 0.3 is 0 Å². The smallest absolute Gasteiger partial charge is 0.193 e. The van der Waals surface area contributed by atoms with E-state index in [1.165, 1.54) is 31.2 Å². The molecule has 1 spiro atoms. The van der Waals surface area contributed by atoms with Crippen molar-refractivity contribution < 1.29 is 9.47 Å². The van der Waals surface area contributed by atoms with Crippen LogP contribution in [0.2, 0.25) is 0 Å². The predicted molar refractivity (Wildman–Crippen MR) is 121 cm³/mol. The molecule has 0 unspecified atom stereocenters. The van der Waals surface area contributed by atoms with E-state index >= 15 is 0 Å². The summed E-state index contributed by atoms with van der Waals surface area (Å²) in [5.41, 5.74) is 1.81. The minimum atomic E-state index is 0.586. The Hall–Kier alpha value is -1.79. The van der Waals surface area contributed by atoms with Crippen LogP contribution in [0.4, 0.5) is 0 Å². The van der Waals surface area contributed by atoms with Gasteiger partial charge in [0.15, 0.2) is 5.96 Å². The van der Waals surface area contributed by atoms with E-state index in [2.05, 4.69) is 45.4 Å². The lowest BCUT2D eigenvalue weighted by atomic mass is 9.68. The first-order valence-corrected chi connectivity index (χ1v) is 11.6. The molecule has 3 fully saturated rings. The summed E-state index contributed by atoms with van der Waals surface area (Å²) in [5.74, 6) is 1.97. The summed E-state index contributed by atoms with van der Waals surface area (Å²) in [5, 5.41) is 3.56. The first-order chi connectivity index (χ1) is 14.7. The first-order valence-electron chi connectivity index (χ1n) is 11.6. The van der Waals surface area contributed by atoms with Gasteiger partial charge in [0.2, 0.25) is 0 Å². The van der Waals surface area contributed by atoms with E-state index < -0.39 is 0 Å². The number of nitrogens with zero attached hydrogens (tertiary/aromatic N) is 3. The number of benzene rings is 1. The van der Waals surface area contributed by atoms with Gasteiger partial charge in [-0.1, -0.05) is 18.6 Å². The van der Waals surface area contributed by atoms with Gasteiger partial charge in [-0.25, -0.2) is 0 Å². The van der Waals surface area contributed by atoms with Crippen LogP contribution in [0.3, 0.4) is 0 Å². The van der Waals surface area contributed by atoms with Crippen molar-refractivity contribution >= 4 is 5.96 Å². The normalized spacial score (nSPS) is 21.8. The van der Waals surface area contributed by atoms with Crippen LogP contribution in [0.1, 0.15) is 44.1 Å². The van der Waals surface area contributed by atoms with Gasteiger partial charge in [-0.05, 0) is 62.3 Å². The molecule has 1 N–H and O–H groups in total. The molecule has 0 radical (unpaired) electrons. The SMILES string of the molecule is CN=C(NCc1cccc(OCCN(C)C2CCOCC2)c1)N1CCC2(CCC2)C1. The lowest BCUT2D eigenvalue weighted by molar-refractivity contribution is 0.0392. The maximum atomic E-state index is 6.05. The molecular formula is C24H38N4O2. The third-order valence-electron chi connectivity index (χ3n) is 7.24. The molecule has 0 bridgehead atoms. The molecule has 0 amide bonds.